The zero-order valence-corrected chi connectivity index (χ0v) is 14.9. The quantitative estimate of drug-likeness (QED) is 0.536. The molecule has 1 aromatic carbocycles. The van der Waals surface area contributed by atoms with Crippen LogP contribution < -0.4 is 5.32 Å². The van der Waals surface area contributed by atoms with Gasteiger partial charge in [-0.05, 0) is 31.5 Å². The van der Waals surface area contributed by atoms with Crippen molar-refractivity contribution in [1.29, 1.82) is 0 Å². The Labute approximate surface area is 149 Å². The molecule has 0 spiro atoms. The molecule has 0 bridgehead atoms. The summed E-state index contributed by atoms with van der Waals surface area (Å²) in [5.41, 5.74) is 1.28. The topological polar surface area (TPSA) is 72.7 Å². The Morgan fingerprint density at radius 3 is 2.92 bits per heavy atom. The molecule has 6 nitrogen and oxygen atoms in total. The van der Waals surface area contributed by atoms with E-state index in [9.17, 15) is 9.59 Å². The van der Waals surface area contributed by atoms with Crippen molar-refractivity contribution in [1.82, 2.24) is 9.38 Å². The molecule has 130 valence electrons. The Hall–Kier alpha value is -2.67. The van der Waals surface area contributed by atoms with Crippen LogP contribution in [0.1, 0.15) is 45.5 Å². The monoisotopic (exact) mass is 357 g/mol. The van der Waals surface area contributed by atoms with Gasteiger partial charge in [0.15, 0.2) is 4.96 Å². The number of benzene rings is 1. The van der Waals surface area contributed by atoms with E-state index in [-0.39, 0.29) is 11.9 Å². The molecule has 25 heavy (non-hydrogen) atoms. The number of unbranched alkanes of at least 4 members (excludes halogenated alkanes) is 1. The maximum Gasteiger partial charge on any atom is 0.338 e. The molecule has 1 amide bonds. The van der Waals surface area contributed by atoms with Crippen molar-refractivity contribution < 1.29 is 14.3 Å². The summed E-state index contributed by atoms with van der Waals surface area (Å²) in [4.78, 5) is 30.6. The molecule has 0 fully saturated rings. The van der Waals surface area contributed by atoms with Crippen LogP contribution in [-0.4, -0.2) is 27.9 Å². The molecule has 0 aliphatic carbocycles. The Bertz CT molecular complexity index is 882. The predicted octanol–water partition coefficient (Wildman–Crippen LogP) is 3.91. The minimum atomic E-state index is -0.387. The Morgan fingerprint density at radius 2 is 2.16 bits per heavy atom. The standard InChI is InChI=1S/C18H19N3O3S/c1-3-4-8-24-17(23)13-6-5-7-14(9-13)19-16(22)15-11-21-10-12(2)25-18(21)20-15/h5-7,9-11H,3-4,8H2,1-2H3,(H,19,22). The van der Waals surface area contributed by atoms with E-state index in [0.717, 1.165) is 22.7 Å². The second-order valence-corrected chi connectivity index (χ2v) is 6.90. The molecule has 0 saturated heterocycles. The number of hydrogen-bond donors (Lipinski definition) is 1. The van der Waals surface area contributed by atoms with Crippen LogP contribution in [-0.2, 0) is 4.74 Å². The van der Waals surface area contributed by atoms with Gasteiger partial charge in [-0.15, -0.1) is 11.3 Å². The average Bonchev–Trinajstić information content (AvgIpc) is 3.12. The van der Waals surface area contributed by atoms with Gasteiger partial charge in [-0.2, -0.15) is 0 Å². The molecule has 1 N–H and O–H groups in total. The number of carbonyl (C=O) groups is 2. The Kier molecular flexibility index (Phi) is 5.14. The van der Waals surface area contributed by atoms with Crippen LogP contribution in [0.15, 0.2) is 36.7 Å². The number of thiazole rings is 1. The first-order valence-corrected chi connectivity index (χ1v) is 8.92. The molecule has 7 heteroatoms. The third kappa shape index (κ3) is 4.06. The highest BCUT2D eigenvalue weighted by Crippen LogP contribution is 2.18. The van der Waals surface area contributed by atoms with Crippen LogP contribution >= 0.6 is 11.3 Å². The molecule has 3 rings (SSSR count). The number of ether oxygens (including phenoxy) is 1. The number of carbonyl (C=O) groups excluding carboxylic acids is 2. The number of hydrogen-bond acceptors (Lipinski definition) is 5. The lowest BCUT2D eigenvalue weighted by Gasteiger charge is -2.07. The third-order valence-electron chi connectivity index (χ3n) is 3.59. The fraction of sp³-hybridized carbons (Fsp3) is 0.278. The molecular weight excluding hydrogens is 338 g/mol. The molecule has 0 unspecified atom stereocenters. The summed E-state index contributed by atoms with van der Waals surface area (Å²) in [7, 11) is 0. The van der Waals surface area contributed by atoms with Gasteiger partial charge in [-0.3, -0.25) is 9.20 Å². The lowest BCUT2D eigenvalue weighted by atomic mass is 10.2. The number of anilines is 1. The van der Waals surface area contributed by atoms with Crippen molar-refractivity contribution in [2.24, 2.45) is 0 Å². The van der Waals surface area contributed by atoms with Crippen LogP contribution in [0, 0.1) is 6.92 Å². The first kappa shape index (κ1) is 17.2. The number of amides is 1. The van der Waals surface area contributed by atoms with Crippen LogP contribution in [0.5, 0.6) is 0 Å². The van der Waals surface area contributed by atoms with Gasteiger partial charge in [-0.1, -0.05) is 19.4 Å². The first-order chi connectivity index (χ1) is 12.1. The summed E-state index contributed by atoms with van der Waals surface area (Å²) in [5, 5.41) is 2.77. The molecular formula is C18H19N3O3S. The summed E-state index contributed by atoms with van der Waals surface area (Å²) in [6, 6.07) is 6.71. The summed E-state index contributed by atoms with van der Waals surface area (Å²) in [6.07, 6.45) is 5.41. The molecule has 0 radical (unpaired) electrons. The zero-order valence-electron chi connectivity index (χ0n) is 14.1. The van der Waals surface area contributed by atoms with E-state index >= 15 is 0 Å². The minimum Gasteiger partial charge on any atom is -0.462 e. The molecule has 0 aliphatic heterocycles. The highest BCUT2D eigenvalue weighted by molar-refractivity contribution is 7.17. The van der Waals surface area contributed by atoms with Gasteiger partial charge in [0.05, 0.1) is 12.2 Å². The summed E-state index contributed by atoms with van der Waals surface area (Å²) in [6.45, 7) is 4.42. The van der Waals surface area contributed by atoms with Gasteiger partial charge in [0, 0.05) is 23.0 Å². The normalized spacial score (nSPS) is 10.8. The van der Waals surface area contributed by atoms with Crippen molar-refractivity contribution in [3.8, 4) is 0 Å². The van der Waals surface area contributed by atoms with Gasteiger partial charge < -0.3 is 10.1 Å². The summed E-state index contributed by atoms with van der Waals surface area (Å²) >= 11 is 1.52. The van der Waals surface area contributed by atoms with Gasteiger partial charge in [0.1, 0.15) is 5.69 Å². The number of aromatic nitrogens is 2. The second-order valence-electron chi connectivity index (χ2n) is 5.68. The third-order valence-corrected chi connectivity index (χ3v) is 4.50. The number of aryl methyl sites for hydroxylation is 1. The van der Waals surface area contributed by atoms with E-state index in [0.29, 0.717) is 23.6 Å². The second kappa shape index (κ2) is 7.48. The highest BCUT2D eigenvalue weighted by atomic mass is 32.1. The number of nitrogens with one attached hydrogen (secondary N) is 1. The first-order valence-electron chi connectivity index (χ1n) is 8.10. The van der Waals surface area contributed by atoms with E-state index < -0.39 is 0 Å². The minimum absolute atomic E-state index is 0.315. The van der Waals surface area contributed by atoms with Crippen LogP contribution in [0.2, 0.25) is 0 Å². The summed E-state index contributed by atoms with van der Waals surface area (Å²) in [5.74, 6) is -0.701. The van der Waals surface area contributed by atoms with Crippen LogP contribution in [0.3, 0.4) is 0 Å². The molecule has 0 saturated carbocycles. The van der Waals surface area contributed by atoms with Crippen LogP contribution in [0.25, 0.3) is 4.96 Å². The summed E-state index contributed by atoms with van der Waals surface area (Å²) < 4.78 is 7.02. The molecule has 2 heterocycles. The predicted molar refractivity (Wildman–Crippen MR) is 97.4 cm³/mol. The maximum atomic E-state index is 12.4. The van der Waals surface area contributed by atoms with Gasteiger partial charge >= 0.3 is 5.97 Å². The van der Waals surface area contributed by atoms with Crippen molar-refractivity contribution in [3.05, 3.63) is 52.8 Å². The van der Waals surface area contributed by atoms with E-state index in [4.69, 9.17) is 4.74 Å². The van der Waals surface area contributed by atoms with Crippen molar-refractivity contribution >= 4 is 33.9 Å². The lowest BCUT2D eigenvalue weighted by Crippen LogP contribution is -2.13. The Balaban J connectivity index is 1.69. The number of nitrogens with zero attached hydrogens (tertiary/aromatic N) is 2. The lowest BCUT2D eigenvalue weighted by molar-refractivity contribution is 0.0499. The van der Waals surface area contributed by atoms with Crippen molar-refractivity contribution in [3.63, 3.8) is 0 Å². The van der Waals surface area contributed by atoms with Crippen molar-refractivity contribution in [2.75, 3.05) is 11.9 Å². The van der Waals surface area contributed by atoms with Gasteiger partial charge in [0.25, 0.3) is 5.91 Å². The highest BCUT2D eigenvalue weighted by Gasteiger charge is 2.14. The van der Waals surface area contributed by atoms with Gasteiger partial charge in [0.2, 0.25) is 0 Å². The fourth-order valence-corrected chi connectivity index (χ4v) is 3.14. The van der Waals surface area contributed by atoms with Crippen LogP contribution in [0.4, 0.5) is 5.69 Å². The van der Waals surface area contributed by atoms with E-state index in [1.807, 2.05) is 24.4 Å². The number of esters is 1. The number of imidazole rings is 1. The fourth-order valence-electron chi connectivity index (χ4n) is 2.33. The van der Waals surface area contributed by atoms with E-state index in [1.54, 1.807) is 30.5 Å². The zero-order chi connectivity index (χ0) is 17.8. The SMILES string of the molecule is CCCCOC(=O)c1cccc(NC(=O)c2cn3cc(C)sc3n2)c1. The molecule has 0 aliphatic rings. The number of rotatable bonds is 6. The largest absolute Gasteiger partial charge is 0.462 e. The molecule has 2 aromatic heterocycles. The van der Waals surface area contributed by atoms with Gasteiger partial charge in [-0.25, -0.2) is 9.78 Å². The Morgan fingerprint density at radius 1 is 1.32 bits per heavy atom. The maximum absolute atomic E-state index is 12.4. The number of fused-ring (bicyclic) bond motifs is 1. The van der Waals surface area contributed by atoms with Crippen molar-refractivity contribution in [2.45, 2.75) is 26.7 Å². The molecule has 0 atom stereocenters. The average molecular weight is 357 g/mol. The smallest absolute Gasteiger partial charge is 0.338 e. The van der Waals surface area contributed by atoms with E-state index in [2.05, 4.69) is 10.3 Å². The van der Waals surface area contributed by atoms with E-state index in [1.165, 1.54) is 11.3 Å². The molecule has 3 aromatic rings.